The van der Waals surface area contributed by atoms with Gasteiger partial charge < -0.3 is 105 Å². The molecular weight excluding hydrogens is 1220 g/mol. The molecule has 0 aliphatic carbocycles. The van der Waals surface area contributed by atoms with Crippen molar-refractivity contribution in [2.45, 2.75) is 180 Å². The Morgan fingerprint density at radius 1 is 0.333 bits per heavy atom. The first-order valence-electron chi connectivity index (χ1n) is 27.7. The fourth-order valence-corrected chi connectivity index (χ4v) is 10.4. The maximum absolute atomic E-state index is 14.9. The molecule has 4 heterocycles. The number of hydrogen-bond acceptors (Lipinski definition) is 32. The quantitative estimate of drug-likeness (QED) is 0.0935. The number of hydrogen-bond donors (Lipinski definition) is 2. The summed E-state index contributed by atoms with van der Waals surface area (Å²) in [6.45, 7) is 8.94. The van der Waals surface area contributed by atoms with E-state index in [1.54, 1.807) is 6.92 Å². The molecule has 0 aromatic heterocycles. The van der Waals surface area contributed by atoms with Crippen LogP contribution in [-0.2, 0) is 133 Å². The minimum absolute atomic E-state index is 0.413. The van der Waals surface area contributed by atoms with E-state index in [2.05, 4.69) is 0 Å². The summed E-state index contributed by atoms with van der Waals surface area (Å²) in [4.78, 5) is 156. The van der Waals surface area contributed by atoms with Crippen LogP contribution in [0.25, 0.3) is 0 Å². The van der Waals surface area contributed by atoms with Crippen LogP contribution in [0.4, 0.5) is 0 Å². The fraction of sp³-hybridized carbons (Fsp3) is 0.679. The predicted molar refractivity (Wildman–Crippen MR) is 286 cm³/mol. The van der Waals surface area contributed by atoms with Crippen molar-refractivity contribution in [3.8, 4) is 0 Å². The van der Waals surface area contributed by atoms with Gasteiger partial charge in [-0.2, -0.15) is 0 Å². The van der Waals surface area contributed by atoms with Crippen LogP contribution in [0, 0.1) is 11.8 Å². The maximum atomic E-state index is 14.9. The lowest BCUT2D eigenvalue weighted by Gasteiger charge is -2.48. The second-order valence-corrected chi connectivity index (χ2v) is 20.8. The van der Waals surface area contributed by atoms with E-state index in [1.807, 2.05) is 0 Å². The first-order valence-corrected chi connectivity index (χ1v) is 27.7. The van der Waals surface area contributed by atoms with E-state index in [4.69, 9.17) is 94.7 Å². The Bertz CT molecular complexity index is 2780. The smallest absolute Gasteiger partial charge is 0.339 e. The van der Waals surface area contributed by atoms with E-state index in [-0.39, 0.29) is 0 Å². The van der Waals surface area contributed by atoms with Gasteiger partial charge in [0, 0.05) is 95.7 Å². The maximum Gasteiger partial charge on any atom is 0.339 e. The van der Waals surface area contributed by atoms with Gasteiger partial charge in [0.15, 0.2) is 55.7 Å². The van der Waals surface area contributed by atoms with Crippen LogP contribution in [-0.4, -0.2) is 247 Å². The van der Waals surface area contributed by atoms with E-state index >= 15 is 0 Å². The highest BCUT2D eigenvalue weighted by Crippen LogP contribution is 2.39. The van der Waals surface area contributed by atoms with Crippen molar-refractivity contribution >= 4 is 71.6 Å². The molecule has 8 unspecified atom stereocenters. The number of ether oxygens (including phenoxy) is 20. The molecular formula is C56H74O34. The third-order valence-corrected chi connectivity index (χ3v) is 14.3. The number of carbonyl (C=O) groups excluding carboxylic acids is 10. The van der Waals surface area contributed by atoms with Gasteiger partial charge in [0.05, 0.1) is 22.3 Å². The summed E-state index contributed by atoms with van der Waals surface area (Å²) in [6.07, 6.45) is -28.9. The molecule has 0 saturated carbocycles. The van der Waals surface area contributed by atoms with Crippen LogP contribution in [0.1, 0.15) is 111 Å². The van der Waals surface area contributed by atoms with Crippen LogP contribution in [0.2, 0.25) is 0 Å². The lowest BCUT2D eigenvalue weighted by atomic mass is 9.89. The van der Waals surface area contributed by atoms with E-state index in [1.165, 1.54) is 28.3 Å². The van der Waals surface area contributed by atoms with Gasteiger partial charge in [0.2, 0.25) is 0 Å². The molecule has 34 heteroatoms. The van der Waals surface area contributed by atoms with E-state index in [0.717, 1.165) is 62.5 Å². The lowest BCUT2D eigenvalue weighted by Crippen LogP contribution is -2.65. The average Bonchev–Trinajstić information content (AvgIpc) is 0.895. The van der Waals surface area contributed by atoms with Crippen molar-refractivity contribution in [1.29, 1.82) is 0 Å². The average molecular weight is 1290 g/mol. The van der Waals surface area contributed by atoms with Gasteiger partial charge >= 0.3 is 71.6 Å². The van der Waals surface area contributed by atoms with Crippen molar-refractivity contribution in [1.82, 2.24) is 0 Å². The Morgan fingerprint density at radius 2 is 0.622 bits per heavy atom. The van der Waals surface area contributed by atoms with Crippen molar-refractivity contribution in [2.75, 3.05) is 54.9 Å². The zero-order chi connectivity index (χ0) is 67.2. The summed E-state index contributed by atoms with van der Waals surface area (Å²) in [5.74, 6) is -16.3. The number of carboxylic acid groups (broad SMARTS) is 2. The van der Waals surface area contributed by atoms with Crippen molar-refractivity contribution in [3.05, 3.63) is 34.4 Å². The van der Waals surface area contributed by atoms with E-state index in [0.29, 0.717) is 12.1 Å². The van der Waals surface area contributed by atoms with E-state index in [9.17, 15) is 67.7 Å². The second-order valence-electron chi connectivity index (χ2n) is 20.8. The molecule has 4 fully saturated rings. The number of carboxylic acids is 2. The van der Waals surface area contributed by atoms with Gasteiger partial charge in [0.1, 0.15) is 81.4 Å². The molecule has 4 aliphatic rings. The predicted octanol–water partition coefficient (Wildman–Crippen LogP) is 0.378. The molecule has 34 nitrogen and oxygen atoms in total. The van der Waals surface area contributed by atoms with E-state index < -0.39 is 243 Å². The molecule has 4 aliphatic heterocycles. The zero-order valence-corrected chi connectivity index (χ0v) is 51.5. The highest BCUT2D eigenvalue weighted by atomic mass is 16.8. The first kappa shape index (κ1) is 73.2. The summed E-state index contributed by atoms with van der Waals surface area (Å²) in [7, 11) is 4.73. The molecule has 1 aromatic rings. The number of carbonyl (C=O) groups is 12. The summed E-state index contributed by atoms with van der Waals surface area (Å²) < 4.78 is 115. The molecule has 0 spiro atoms. The summed E-state index contributed by atoms with van der Waals surface area (Å²) in [6, 6.07) is 0.883. The highest BCUT2D eigenvalue weighted by Gasteiger charge is 2.58. The SMILES string of the molecule is COC1[C@@H](O[C@@H]2OC(COC(C)=O)[C@@H](C)[C@H](OC(=O)c3cc(C(=O)O)c(C(=O)OC4[C@@H](O[C@@H]5OC(COC(C)=O)[C@@H](C)[C@H](OC)C5OC(C)=O)C(COC(C)=O)O[C@H](OC)[C@@H]4OC(C)=O)cc3C(=O)O)C2OC(C)=O)C(COC(C)=O)O[C@H](OC)[C@@H]1OC(C)=O. The fourth-order valence-electron chi connectivity index (χ4n) is 10.4. The van der Waals surface area contributed by atoms with Gasteiger partial charge in [-0.25, -0.2) is 19.2 Å². The number of benzene rings is 1. The van der Waals surface area contributed by atoms with Crippen LogP contribution in [0.3, 0.4) is 0 Å². The standard InChI is InChI=1S/C56H74O34/c1-21-35(17-75-23(3)57)83-55(45(39(21)71-11)79-27(7)61)90-42-38(20-78-26(6)60)86-54(74-14)48(82-30(10)64)44(42)88-52(70)34-16-31(49(65)66)33(15-32(34)50(67)68)51(69)87-40-22(2)36(18-76-24(4)58)84-56(46(40)80-28(8)62)89-41-37(19-77-25(5)59)85-53(73-13)47(43(41)72-12)81-29(9)63/h15-16,21-22,35-48,53-56H,17-20H2,1-14H3,(H,65,66)(H,67,68)/t21-,22-,35?,36?,37?,38?,39+,40+,41+,42+,43?,44?,45?,46?,47-,48-,53+,54+,55+,56+/m1/s1. The number of esters is 10. The number of rotatable bonds is 26. The Hall–Kier alpha value is -7.54. The molecule has 0 amide bonds. The normalized spacial score (nSPS) is 31.4. The summed E-state index contributed by atoms with van der Waals surface area (Å²) in [5.41, 5.74) is -4.40. The summed E-state index contributed by atoms with van der Waals surface area (Å²) >= 11 is 0. The van der Waals surface area contributed by atoms with Crippen LogP contribution >= 0.6 is 0 Å². The number of aromatic carboxylic acids is 2. The lowest BCUT2D eigenvalue weighted by molar-refractivity contribution is -0.355. The molecule has 0 radical (unpaired) electrons. The Balaban J connectivity index is 1.64. The first-order chi connectivity index (χ1) is 42.3. The number of methoxy groups -OCH3 is 4. The van der Waals surface area contributed by atoms with Gasteiger partial charge in [-0.1, -0.05) is 13.8 Å². The second kappa shape index (κ2) is 33.0. The Kier molecular flexibility index (Phi) is 26.8. The van der Waals surface area contributed by atoms with Crippen molar-refractivity contribution in [3.63, 3.8) is 0 Å². The largest absolute Gasteiger partial charge is 0.478 e. The molecule has 5 rings (SSSR count). The molecule has 20 atom stereocenters. The molecule has 4 saturated heterocycles. The van der Waals surface area contributed by atoms with Crippen molar-refractivity contribution in [2.24, 2.45) is 11.8 Å². The van der Waals surface area contributed by atoms with Gasteiger partial charge in [-0.05, 0) is 12.1 Å². The van der Waals surface area contributed by atoms with Gasteiger partial charge in [-0.3, -0.25) is 38.4 Å². The van der Waals surface area contributed by atoms with Gasteiger partial charge in [0.25, 0.3) is 0 Å². The molecule has 2 N–H and O–H groups in total. The van der Waals surface area contributed by atoms with Gasteiger partial charge in [-0.15, -0.1) is 0 Å². The zero-order valence-electron chi connectivity index (χ0n) is 51.5. The molecule has 1 aromatic carbocycles. The molecule has 90 heavy (non-hydrogen) atoms. The van der Waals surface area contributed by atoms with Crippen LogP contribution in [0.5, 0.6) is 0 Å². The minimum atomic E-state index is -2.09. The summed E-state index contributed by atoms with van der Waals surface area (Å²) in [5, 5.41) is 21.5. The van der Waals surface area contributed by atoms with Crippen LogP contribution in [0.15, 0.2) is 12.1 Å². The third kappa shape index (κ3) is 18.8. The third-order valence-electron chi connectivity index (χ3n) is 14.3. The molecule has 0 bridgehead atoms. The highest BCUT2D eigenvalue weighted by molar-refractivity contribution is 6.10. The topological polar surface area (TPSA) is 430 Å². The Morgan fingerprint density at radius 3 is 0.944 bits per heavy atom. The molecule has 502 valence electrons. The Labute approximate surface area is 513 Å². The van der Waals surface area contributed by atoms with Crippen LogP contribution < -0.4 is 0 Å². The monoisotopic (exact) mass is 1290 g/mol. The van der Waals surface area contributed by atoms with Crippen molar-refractivity contribution < 1.29 is 162 Å². The minimum Gasteiger partial charge on any atom is -0.478 e.